The van der Waals surface area contributed by atoms with Gasteiger partial charge in [0.2, 0.25) is 0 Å². The summed E-state index contributed by atoms with van der Waals surface area (Å²) in [6, 6.07) is 6.01. The van der Waals surface area contributed by atoms with Crippen LogP contribution in [0.4, 0.5) is 5.69 Å². The summed E-state index contributed by atoms with van der Waals surface area (Å²) in [5.74, 6) is -1.30. The summed E-state index contributed by atoms with van der Waals surface area (Å²) in [7, 11) is 0. The van der Waals surface area contributed by atoms with Crippen molar-refractivity contribution in [2.45, 2.75) is 31.6 Å². The van der Waals surface area contributed by atoms with Crippen LogP contribution in [-0.2, 0) is 9.53 Å². The molecular formula is C15H17NO5. The Morgan fingerprint density at radius 1 is 1.43 bits per heavy atom. The summed E-state index contributed by atoms with van der Waals surface area (Å²) in [5.41, 5.74) is 0.906. The van der Waals surface area contributed by atoms with E-state index in [4.69, 9.17) is 9.84 Å². The highest BCUT2D eigenvalue weighted by Gasteiger charge is 2.33. The highest BCUT2D eigenvalue weighted by molar-refractivity contribution is 5.88. The first-order valence-electron chi connectivity index (χ1n) is 6.61. The van der Waals surface area contributed by atoms with Gasteiger partial charge in [-0.15, -0.1) is 0 Å². The Hall–Kier alpha value is -2.34. The largest absolute Gasteiger partial charge is 0.478 e. The highest BCUT2D eigenvalue weighted by atomic mass is 16.6. The van der Waals surface area contributed by atoms with Gasteiger partial charge in [-0.3, -0.25) is 4.79 Å². The molecule has 0 aliphatic carbocycles. The number of carboxylic acids is 1. The first-order chi connectivity index (χ1) is 9.95. The maximum atomic E-state index is 11.4. The lowest BCUT2D eigenvalue weighted by Crippen LogP contribution is -2.27. The molecule has 0 bridgehead atoms. The molecule has 112 valence electrons. The van der Waals surface area contributed by atoms with E-state index in [0.29, 0.717) is 5.69 Å². The molecule has 0 saturated carbocycles. The zero-order chi connectivity index (χ0) is 15.4. The molecule has 0 spiro atoms. The fourth-order valence-electron chi connectivity index (χ4n) is 2.08. The SMILES string of the molecule is C[C@@H](O)C=C[C@@H]1OC(=O)C[C@@H]1Nc1ccc(C(=O)O)cc1. The molecule has 1 heterocycles. The zero-order valence-electron chi connectivity index (χ0n) is 11.5. The standard InChI is InChI=1S/C15H17NO5/c1-9(17)2-7-13-12(8-14(18)21-13)16-11-5-3-10(4-6-11)15(19)20/h2-7,9,12-13,16-17H,8H2,1H3,(H,19,20)/t9-,12+,13+/m1/s1. The molecule has 6 nitrogen and oxygen atoms in total. The number of ether oxygens (including phenoxy) is 1. The number of anilines is 1. The van der Waals surface area contributed by atoms with Crippen molar-refractivity contribution in [3.8, 4) is 0 Å². The van der Waals surface area contributed by atoms with Crippen molar-refractivity contribution in [3.05, 3.63) is 42.0 Å². The second-order valence-corrected chi connectivity index (χ2v) is 4.92. The molecule has 1 saturated heterocycles. The maximum absolute atomic E-state index is 11.4. The van der Waals surface area contributed by atoms with Gasteiger partial charge >= 0.3 is 11.9 Å². The number of carbonyl (C=O) groups is 2. The number of aromatic carboxylic acids is 1. The van der Waals surface area contributed by atoms with E-state index in [0.717, 1.165) is 0 Å². The summed E-state index contributed by atoms with van der Waals surface area (Å²) < 4.78 is 5.17. The quantitative estimate of drug-likeness (QED) is 0.561. The third-order valence-corrected chi connectivity index (χ3v) is 3.11. The van der Waals surface area contributed by atoms with Crippen LogP contribution in [0.15, 0.2) is 36.4 Å². The number of carboxylic acid groups (broad SMARTS) is 1. The van der Waals surface area contributed by atoms with E-state index in [1.807, 2.05) is 0 Å². The Kier molecular flexibility index (Phi) is 4.59. The molecular weight excluding hydrogens is 274 g/mol. The molecule has 1 aromatic rings. The Morgan fingerprint density at radius 3 is 2.67 bits per heavy atom. The number of benzene rings is 1. The van der Waals surface area contributed by atoms with Crippen molar-refractivity contribution in [2.75, 3.05) is 5.32 Å². The van der Waals surface area contributed by atoms with Gasteiger partial charge in [-0.2, -0.15) is 0 Å². The molecule has 0 unspecified atom stereocenters. The lowest BCUT2D eigenvalue weighted by Gasteiger charge is -2.17. The van der Waals surface area contributed by atoms with Crippen LogP contribution in [-0.4, -0.2) is 40.4 Å². The van der Waals surface area contributed by atoms with Gasteiger partial charge in [0.1, 0.15) is 6.10 Å². The van der Waals surface area contributed by atoms with Crippen molar-refractivity contribution >= 4 is 17.6 Å². The molecule has 1 aliphatic heterocycles. The van der Waals surface area contributed by atoms with Crippen LogP contribution in [0.2, 0.25) is 0 Å². The zero-order valence-corrected chi connectivity index (χ0v) is 11.5. The van der Waals surface area contributed by atoms with Crippen LogP contribution in [0.5, 0.6) is 0 Å². The molecule has 1 fully saturated rings. The number of esters is 1. The van der Waals surface area contributed by atoms with Crippen LogP contribution < -0.4 is 5.32 Å². The summed E-state index contributed by atoms with van der Waals surface area (Å²) in [6.07, 6.45) is 2.37. The predicted molar refractivity (Wildman–Crippen MR) is 76.1 cm³/mol. The average Bonchev–Trinajstić information content (AvgIpc) is 2.77. The number of hydrogen-bond donors (Lipinski definition) is 3. The number of nitrogens with one attached hydrogen (secondary N) is 1. The van der Waals surface area contributed by atoms with Gasteiger partial charge in [-0.1, -0.05) is 6.08 Å². The van der Waals surface area contributed by atoms with Gasteiger partial charge in [-0.05, 0) is 37.3 Å². The number of hydrogen-bond acceptors (Lipinski definition) is 5. The monoisotopic (exact) mass is 291 g/mol. The van der Waals surface area contributed by atoms with Gasteiger partial charge < -0.3 is 20.3 Å². The fraction of sp³-hybridized carbons (Fsp3) is 0.333. The molecule has 0 radical (unpaired) electrons. The molecule has 1 aromatic carbocycles. The Morgan fingerprint density at radius 2 is 2.10 bits per heavy atom. The second-order valence-electron chi connectivity index (χ2n) is 4.92. The van der Waals surface area contributed by atoms with Gasteiger partial charge in [-0.25, -0.2) is 4.79 Å². The Balaban J connectivity index is 2.05. The summed E-state index contributed by atoms with van der Waals surface area (Å²) in [4.78, 5) is 22.2. The van der Waals surface area contributed by atoms with Crippen molar-refractivity contribution in [3.63, 3.8) is 0 Å². The molecule has 0 amide bonds. The molecule has 6 heteroatoms. The minimum absolute atomic E-state index is 0.199. The average molecular weight is 291 g/mol. The molecule has 3 atom stereocenters. The van der Waals surface area contributed by atoms with E-state index < -0.39 is 18.2 Å². The Bertz CT molecular complexity index is 550. The highest BCUT2D eigenvalue weighted by Crippen LogP contribution is 2.21. The smallest absolute Gasteiger partial charge is 0.335 e. The van der Waals surface area contributed by atoms with Crippen LogP contribution >= 0.6 is 0 Å². The first kappa shape index (κ1) is 15.1. The second kappa shape index (κ2) is 6.41. The van der Waals surface area contributed by atoms with Gasteiger partial charge in [0.05, 0.1) is 24.1 Å². The number of cyclic esters (lactones) is 1. The number of aliphatic hydroxyl groups excluding tert-OH is 1. The van der Waals surface area contributed by atoms with E-state index in [1.54, 1.807) is 31.2 Å². The topological polar surface area (TPSA) is 95.9 Å². The molecule has 1 aliphatic rings. The molecule has 21 heavy (non-hydrogen) atoms. The van der Waals surface area contributed by atoms with Gasteiger partial charge in [0.15, 0.2) is 0 Å². The van der Waals surface area contributed by atoms with Crippen molar-refractivity contribution in [1.82, 2.24) is 0 Å². The third kappa shape index (κ3) is 4.06. The molecule has 2 rings (SSSR count). The summed E-state index contributed by atoms with van der Waals surface area (Å²) in [6.45, 7) is 1.61. The van der Waals surface area contributed by atoms with Gasteiger partial charge in [0.25, 0.3) is 0 Å². The maximum Gasteiger partial charge on any atom is 0.335 e. The summed E-state index contributed by atoms with van der Waals surface area (Å²) in [5, 5.41) is 21.2. The Labute approximate surface area is 122 Å². The molecule has 0 aromatic heterocycles. The fourth-order valence-corrected chi connectivity index (χ4v) is 2.08. The lowest BCUT2D eigenvalue weighted by atomic mass is 10.1. The number of aliphatic hydroxyl groups is 1. The lowest BCUT2D eigenvalue weighted by molar-refractivity contribution is -0.140. The number of carbonyl (C=O) groups excluding carboxylic acids is 1. The minimum Gasteiger partial charge on any atom is -0.478 e. The van der Waals surface area contributed by atoms with Crippen LogP contribution in [0.3, 0.4) is 0 Å². The van der Waals surface area contributed by atoms with Crippen molar-refractivity contribution in [1.29, 1.82) is 0 Å². The van der Waals surface area contributed by atoms with E-state index >= 15 is 0 Å². The van der Waals surface area contributed by atoms with Gasteiger partial charge in [0, 0.05) is 5.69 Å². The van der Waals surface area contributed by atoms with Crippen LogP contribution in [0, 0.1) is 0 Å². The molecule has 3 N–H and O–H groups in total. The van der Waals surface area contributed by atoms with E-state index in [-0.39, 0.29) is 24.0 Å². The van der Waals surface area contributed by atoms with Crippen molar-refractivity contribution < 1.29 is 24.5 Å². The predicted octanol–water partition coefficient (Wildman–Crippen LogP) is 1.42. The minimum atomic E-state index is -0.987. The van der Waals surface area contributed by atoms with E-state index in [9.17, 15) is 14.7 Å². The van der Waals surface area contributed by atoms with Crippen LogP contribution in [0.1, 0.15) is 23.7 Å². The number of rotatable bonds is 5. The normalized spacial score (nSPS) is 23.0. The third-order valence-electron chi connectivity index (χ3n) is 3.11. The van der Waals surface area contributed by atoms with Crippen LogP contribution in [0.25, 0.3) is 0 Å². The summed E-state index contributed by atoms with van der Waals surface area (Å²) >= 11 is 0. The van der Waals surface area contributed by atoms with E-state index in [1.165, 1.54) is 12.1 Å². The van der Waals surface area contributed by atoms with E-state index in [2.05, 4.69) is 5.32 Å². The first-order valence-corrected chi connectivity index (χ1v) is 6.61. The van der Waals surface area contributed by atoms with Crippen molar-refractivity contribution in [2.24, 2.45) is 0 Å².